The standard InChI is InChI=1S/C16H22N2O2S/c1-13-11-16(10-9-14(13)12-17)21(19,20)18(2)15-7-5-3-4-6-8-15/h9-11,15H,3-8H2,1-2H3. The van der Waals surface area contributed by atoms with E-state index in [1.54, 1.807) is 26.1 Å². The number of aryl methyl sites for hydroxylation is 1. The molecule has 0 radical (unpaired) electrons. The quantitative estimate of drug-likeness (QED) is 0.806. The molecule has 0 aliphatic heterocycles. The van der Waals surface area contributed by atoms with Crippen LogP contribution in [-0.4, -0.2) is 25.8 Å². The van der Waals surface area contributed by atoms with Crippen LogP contribution in [0.15, 0.2) is 23.1 Å². The van der Waals surface area contributed by atoms with Crippen molar-refractivity contribution in [2.24, 2.45) is 0 Å². The number of benzene rings is 1. The Labute approximate surface area is 127 Å². The first-order valence-corrected chi connectivity index (χ1v) is 8.89. The number of sulfonamides is 1. The molecule has 1 aromatic carbocycles. The molecule has 1 aromatic rings. The summed E-state index contributed by atoms with van der Waals surface area (Å²) in [6.07, 6.45) is 6.45. The Bertz CT molecular complexity index is 639. The molecule has 0 saturated heterocycles. The smallest absolute Gasteiger partial charge is 0.207 e. The molecule has 21 heavy (non-hydrogen) atoms. The second-order valence-electron chi connectivity index (χ2n) is 5.76. The maximum atomic E-state index is 12.7. The lowest BCUT2D eigenvalue weighted by Gasteiger charge is -2.26. The molecule has 4 nitrogen and oxygen atoms in total. The van der Waals surface area contributed by atoms with Gasteiger partial charge >= 0.3 is 0 Å². The molecule has 0 aromatic heterocycles. The third-order valence-corrected chi connectivity index (χ3v) is 6.24. The van der Waals surface area contributed by atoms with Crippen molar-refractivity contribution in [3.63, 3.8) is 0 Å². The Morgan fingerprint density at radius 1 is 1.19 bits per heavy atom. The van der Waals surface area contributed by atoms with Crippen molar-refractivity contribution < 1.29 is 8.42 Å². The molecule has 2 rings (SSSR count). The van der Waals surface area contributed by atoms with Crippen molar-refractivity contribution in [1.29, 1.82) is 5.26 Å². The van der Waals surface area contributed by atoms with Crippen LogP contribution in [-0.2, 0) is 10.0 Å². The fourth-order valence-electron chi connectivity index (χ4n) is 2.91. The van der Waals surface area contributed by atoms with E-state index < -0.39 is 10.0 Å². The van der Waals surface area contributed by atoms with Crippen LogP contribution in [0.3, 0.4) is 0 Å². The third-order valence-electron chi connectivity index (χ3n) is 4.33. The van der Waals surface area contributed by atoms with E-state index >= 15 is 0 Å². The molecule has 114 valence electrons. The fourth-order valence-corrected chi connectivity index (χ4v) is 4.41. The molecule has 0 spiro atoms. The monoisotopic (exact) mass is 306 g/mol. The summed E-state index contributed by atoms with van der Waals surface area (Å²) in [5.41, 5.74) is 1.22. The van der Waals surface area contributed by atoms with Gasteiger partial charge in [-0.3, -0.25) is 0 Å². The Kier molecular flexibility index (Phi) is 5.02. The van der Waals surface area contributed by atoms with E-state index in [4.69, 9.17) is 5.26 Å². The second kappa shape index (κ2) is 6.59. The predicted octanol–water partition coefficient (Wildman–Crippen LogP) is 3.21. The molecule has 0 amide bonds. The third kappa shape index (κ3) is 3.45. The molecule has 1 fully saturated rings. The lowest BCUT2D eigenvalue weighted by Crippen LogP contribution is -2.36. The number of hydrogen-bond donors (Lipinski definition) is 0. The summed E-state index contributed by atoms with van der Waals surface area (Å²) in [4.78, 5) is 0.283. The van der Waals surface area contributed by atoms with Gasteiger partial charge in [0.25, 0.3) is 0 Å². The van der Waals surface area contributed by atoms with Crippen LogP contribution in [0.1, 0.15) is 49.7 Å². The van der Waals surface area contributed by atoms with Crippen LogP contribution in [0.5, 0.6) is 0 Å². The fraction of sp³-hybridized carbons (Fsp3) is 0.562. The Morgan fingerprint density at radius 2 is 1.81 bits per heavy atom. The first-order chi connectivity index (χ1) is 9.96. The van der Waals surface area contributed by atoms with Crippen molar-refractivity contribution in [2.75, 3.05) is 7.05 Å². The zero-order valence-electron chi connectivity index (χ0n) is 12.7. The zero-order valence-corrected chi connectivity index (χ0v) is 13.5. The van der Waals surface area contributed by atoms with Gasteiger partial charge in [0, 0.05) is 13.1 Å². The Morgan fingerprint density at radius 3 is 2.33 bits per heavy atom. The Hall–Kier alpha value is -1.38. The summed E-state index contributed by atoms with van der Waals surface area (Å²) >= 11 is 0. The van der Waals surface area contributed by atoms with Gasteiger partial charge in [-0.05, 0) is 43.5 Å². The van der Waals surface area contributed by atoms with Gasteiger partial charge in [0.2, 0.25) is 10.0 Å². The molecule has 1 aliphatic rings. The maximum Gasteiger partial charge on any atom is 0.243 e. The minimum Gasteiger partial charge on any atom is -0.207 e. The highest BCUT2D eigenvalue weighted by Gasteiger charge is 2.28. The summed E-state index contributed by atoms with van der Waals surface area (Å²) in [6, 6.07) is 6.88. The van der Waals surface area contributed by atoms with E-state index in [0.717, 1.165) is 25.7 Å². The number of nitriles is 1. The molecule has 1 aliphatic carbocycles. The van der Waals surface area contributed by atoms with E-state index in [1.165, 1.54) is 23.2 Å². The van der Waals surface area contributed by atoms with Gasteiger partial charge in [0.1, 0.15) is 0 Å². The van der Waals surface area contributed by atoms with Gasteiger partial charge in [0.05, 0.1) is 16.5 Å². The molecule has 0 N–H and O–H groups in total. The van der Waals surface area contributed by atoms with Crippen molar-refractivity contribution in [1.82, 2.24) is 4.31 Å². The molecule has 1 saturated carbocycles. The Balaban J connectivity index is 2.28. The number of nitrogens with zero attached hydrogens (tertiary/aromatic N) is 2. The van der Waals surface area contributed by atoms with Crippen LogP contribution in [0.25, 0.3) is 0 Å². The van der Waals surface area contributed by atoms with E-state index in [2.05, 4.69) is 6.07 Å². The average Bonchev–Trinajstić information content (AvgIpc) is 2.75. The molecular formula is C16H22N2O2S. The maximum absolute atomic E-state index is 12.7. The lowest BCUT2D eigenvalue weighted by molar-refractivity contribution is 0.335. The van der Waals surface area contributed by atoms with Gasteiger partial charge in [-0.25, -0.2) is 8.42 Å². The van der Waals surface area contributed by atoms with Gasteiger partial charge in [-0.2, -0.15) is 9.57 Å². The molecular weight excluding hydrogens is 284 g/mol. The molecule has 0 unspecified atom stereocenters. The summed E-state index contributed by atoms with van der Waals surface area (Å²) in [5, 5.41) is 8.95. The first kappa shape index (κ1) is 16.0. The van der Waals surface area contributed by atoms with Crippen molar-refractivity contribution >= 4 is 10.0 Å². The van der Waals surface area contributed by atoms with Crippen LogP contribution in [0, 0.1) is 18.3 Å². The van der Waals surface area contributed by atoms with Crippen LogP contribution in [0.4, 0.5) is 0 Å². The van der Waals surface area contributed by atoms with E-state index in [-0.39, 0.29) is 10.9 Å². The topological polar surface area (TPSA) is 61.2 Å². The average molecular weight is 306 g/mol. The summed E-state index contributed by atoms with van der Waals surface area (Å²) in [5.74, 6) is 0. The van der Waals surface area contributed by atoms with Crippen LogP contribution in [0.2, 0.25) is 0 Å². The minimum atomic E-state index is -3.48. The van der Waals surface area contributed by atoms with Gasteiger partial charge in [0.15, 0.2) is 0 Å². The van der Waals surface area contributed by atoms with Gasteiger partial charge < -0.3 is 0 Å². The van der Waals surface area contributed by atoms with Crippen molar-refractivity contribution in [3.8, 4) is 6.07 Å². The first-order valence-electron chi connectivity index (χ1n) is 7.45. The molecule has 5 heteroatoms. The number of rotatable bonds is 3. The number of hydrogen-bond acceptors (Lipinski definition) is 3. The second-order valence-corrected chi connectivity index (χ2v) is 7.75. The lowest BCUT2D eigenvalue weighted by atomic mass is 10.1. The highest BCUT2D eigenvalue weighted by atomic mass is 32.2. The zero-order chi connectivity index (χ0) is 15.5. The summed E-state index contributed by atoms with van der Waals surface area (Å²) < 4.78 is 27.0. The van der Waals surface area contributed by atoms with E-state index in [9.17, 15) is 8.42 Å². The largest absolute Gasteiger partial charge is 0.243 e. The molecule has 0 atom stereocenters. The van der Waals surface area contributed by atoms with E-state index in [1.807, 2.05) is 0 Å². The highest BCUT2D eigenvalue weighted by molar-refractivity contribution is 7.89. The predicted molar refractivity (Wildman–Crippen MR) is 82.3 cm³/mol. The molecule has 0 bridgehead atoms. The van der Waals surface area contributed by atoms with Crippen LogP contribution < -0.4 is 0 Å². The van der Waals surface area contributed by atoms with Gasteiger partial charge in [-0.15, -0.1) is 0 Å². The van der Waals surface area contributed by atoms with Crippen molar-refractivity contribution in [2.45, 2.75) is 56.4 Å². The summed E-state index contributed by atoms with van der Waals surface area (Å²) in [6.45, 7) is 1.77. The summed E-state index contributed by atoms with van der Waals surface area (Å²) in [7, 11) is -1.80. The SMILES string of the molecule is Cc1cc(S(=O)(=O)N(C)C2CCCCCC2)ccc1C#N. The van der Waals surface area contributed by atoms with Crippen LogP contribution >= 0.6 is 0 Å². The highest BCUT2D eigenvalue weighted by Crippen LogP contribution is 2.26. The van der Waals surface area contributed by atoms with E-state index in [0.29, 0.717) is 11.1 Å². The minimum absolute atomic E-state index is 0.0912. The molecule has 0 heterocycles. The van der Waals surface area contributed by atoms with Gasteiger partial charge in [-0.1, -0.05) is 25.7 Å². The normalized spacial score (nSPS) is 17.4. The van der Waals surface area contributed by atoms with Crippen molar-refractivity contribution in [3.05, 3.63) is 29.3 Å².